The first kappa shape index (κ1) is 15.2. The topological polar surface area (TPSA) is 70.0 Å². The molecular formula is C14H19NO4. The standard InChI is InChI=1S/C14H19NO4/c1-4-10-11(12(17)8-9-16)6-5-7-13(10)19-14(18)15(2)3/h4-7,12,16-17H,1,8-9H2,2-3H3. The Hall–Kier alpha value is -1.85. The molecule has 0 aliphatic heterocycles. The minimum atomic E-state index is -0.823. The maximum Gasteiger partial charge on any atom is 0.414 e. The number of carbonyl (C=O) groups excluding carboxylic acids is 1. The van der Waals surface area contributed by atoms with Gasteiger partial charge < -0.3 is 19.8 Å². The van der Waals surface area contributed by atoms with E-state index in [4.69, 9.17) is 9.84 Å². The molecule has 0 spiro atoms. The van der Waals surface area contributed by atoms with E-state index in [2.05, 4.69) is 6.58 Å². The molecule has 0 aliphatic rings. The van der Waals surface area contributed by atoms with Crippen molar-refractivity contribution in [3.8, 4) is 5.75 Å². The smallest absolute Gasteiger partial charge is 0.410 e. The number of benzene rings is 1. The molecule has 1 amide bonds. The Balaban J connectivity index is 3.09. The second kappa shape index (κ2) is 6.92. The number of amides is 1. The number of hydrogen-bond acceptors (Lipinski definition) is 4. The number of aliphatic hydroxyl groups is 2. The fourth-order valence-corrected chi connectivity index (χ4v) is 1.62. The zero-order valence-corrected chi connectivity index (χ0v) is 11.2. The minimum absolute atomic E-state index is 0.126. The molecule has 5 nitrogen and oxygen atoms in total. The van der Waals surface area contributed by atoms with Gasteiger partial charge in [0.1, 0.15) is 5.75 Å². The van der Waals surface area contributed by atoms with E-state index in [1.54, 1.807) is 32.3 Å². The Morgan fingerprint density at radius 2 is 2.21 bits per heavy atom. The molecule has 0 bridgehead atoms. The predicted octanol–water partition coefficient (Wildman–Crippen LogP) is 1.81. The molecule has 0 saturated carbocycles. The molecule has 0 aromatic heterocycles. The van der Waals surface area contributed by atoms with Crippen molar-refractivity contribution in [1.29, 1.82) is 0 Å². The van der Waals surface area contributed by atoms with E-state index in [9.17, 15) is 9.90 Å². The van der Waals surface area contributed by atoms with Crippen molar-refractivity contribution in [2.45, 2.75) is 12.5 Å². The lowest BCUT2D eigenvalue weighted by Crippen LogP contribution is -2.25. The fourth-order valence-electron chi connectivity index (χ4n) is 1.62. The number of ether oxygens (including phenoxy) is 1. The highest BCUT2D eigenvalue weighted by Gasteiger charge is 2.16. The Kier molecular flexibility index (Phi) is 5.54. The average Bonchev–Trinajstić information content (AvgIpc) is 2.38. The highest BCUT2D eigenvalue weighted by molar-refractivity contribution is 5.73. The molecule has 19 heavy (non-hydrogen) atoms. The molecule has 1 aromatic rings. The molecule has 5 heteroatoms. The molecular weight excluding hydrogens is 246 g/mol. The Bertz CT molecular complexity index is 457. The summed E-state index contributed by atoms with van der Waals surface area (Å²) < 4.78 is 5.21. The molecule has 0 fully saturated rings. The van der Waals surface area contributed by atoms with Crippen LogP contribution in [0.25, 0.3) is 6.08 Å². The van der Waals surface area contributed by atoms with E-state index >= 15 is 0 Å². The van der Waals surface area contributed by atoms with Crippen LogP contribution in [-0.4, -0.2) is 41.9 Å². The van der Waals surface area contributed by atoms with Crippen molar-refractivity contribution < 1.29 is 19.7 Å². The molecule has 0 aliphatic carbocycles. The minimum Gasteiger partial charge on any atom is -0.410 e. The summed E-state index contributed by atoms with van der Waals surface area (Å²) in [6, 6.07) is 5.03. The van der Waals surface area contributed by atoms with Crippen molar-refractivity contribution in [3.05, 3.63) is 35.9 Å². The first-order valence-corrected chi connectivity index (χ1v) is 5.94. The van der Waals surface area contributed by atoms with Gasteiger partial charge in [0.2, 0.25) is 0 Å². The van der Waals surface area contributed by atoms with Gasteiger partial charge in [-0.1, -0.05) is 24.8 Å². The lowest BCUT2D eigenvalue weighted by molar-refractivity contribution is 0.133. The lowest BCUT2D eigenvalue weighted by Gasteiger charge is -2.17. The molecule has 104 valence electrons. The van der Waals surface area contributed by atoms with Gasteiger partial charge in [-0.25, -0.2) is 4.79 Å². The maximum atomic E-state index is 11.6. The monoisotopic (exact) mass is 265 g/mol. The maximum absolute atomic E-state index is 11.6. The molecule has 0 radical (unpaired) electrons. The Morgan fingerprint density at radius 3 is 2.74 bits per heavy atom. The van der Waals surface area contributed by atoms with Gasteiger partial charge in [0.15, 0.2) is 0 Å². The normalized spacial score (nSPS) is 11.8. The van der Waals surface area contributed by atoms with Crippen molar-refractivity contribution in [3.63, 3.8) is 0 Å². The van der Waals surface area contributed by atoms with Gasteiger partial charge in [0.05, 0.1) is 6.10 Å². The fraction of sp³-hybridized carbons (Fsp3) is 0.357. The van der Waals surface area contributed by atoms with Crippen LogP contribution in [0, 0.1) is 0 Å². The molecule has 2 N–H and O–H groups in total. The zero-order valence-electron chi connectivity index (χ0n) is 11.2. The van der Waals surface area contributed by atoms with Gasteiger partial charge in [0, 0.05) is 32.7 Å². The molecule has 1 aromatic carbocycles. The van der Waals surface area contributed by atoms with Crippen LogP contribution in [0.5, 0.6) is 5.75 Å². The number of nitrogens with zero attached hydrogens (tertiary/aromatic N) is 1. The van der Waals surface area contributed by atoms with E-state index in [0.29, 0.717) is 16.9 Å². The quantitative estimate of drug-likeness (QED) is 0.851. The van der Waals surface area contributed by atoms with Crippen LogP contribution in [-0.2, 0) is 0 Å². The van der Waals surface area contributed by atoms with E-state index < -0.39 is 12.2 Å². The highest BCUT2D eigenvalue weighted by atomic mass is 16.6. The van der Waals surface area contributed by atoms with Gasteiger partial charge in [-0.15, -0.1) is 0 Å². The summed E-state index contributed by atoms with van der Waals surface area (Å²) in [5, 5.41) is 18.8. The molecule has 0 heterocycles. The third-order valence-electron chi connectivity index (χ3n) is 2.63. The third-order valence-corrected chi connectivity index (χ3v) is 2.63. The average molecular weight is 265 g/mol. The Labute approximate surface area is 112 Å². The van der Waals surface area contributed by atoms with Crippen LogP contribution in [0.2, 0.25) is 0 Å². The van der Waals surface area contributed by atoms with Crippen LogP contribution in [0.3, 0.4) is 0 Å². The van der Waals surface area contributed by atoms with Crippen molar-refractivity contribution >= 4 is 12.2 Å². The van der Waals surface area contributed by atoms with Crippen LogP contribution in [0.4, 0.5) is 4.79 Å². The molecule has 1 atom stereocenters. The largest absolute Gasteiger partial charge is 0.414 e. The molecule has 1 unspecified atom stereocenters. The summed E-state index contributed by atoms with van der Waals surface area (Å²) in [6.45, 7) is 3.54. The van der Waals surface area contributed by atoms with Crippen molar-refractivity contribution in [1.82, 2.24) is 4.90 Å². The number of hydrogen-bond donors (Lipinski definition) is 2. The molecule has 0 saturated heterocycles. The lowest BCUT2D eigenvalue weighted by atomic mass is 9.99. The summed E-state index contributed by atoms with van der Waals surface area (Å²) >= 11 is 0. The highest BCUT2D eigenvalue weighted by Crippen LogP contribution is 2.29. The van der Waals surface area contributed by atoms with Crippen molar-refractivity contribution in [2.24, 2.45) is 0 Å². The first-order valence-electron chi connectivity index (χ1n) is 5.94. The van der Waals surface area contributed by atoms with E-state index in [-0.39, 0.29) is 13.0 Å². The second-order valence-corrected chi connectivity index (χ2v) is 4.25. The van der Waals surface area contributed by atoms with Gasteiger partial charge in [-0.2, -0.15) is 0 Å². The van der Waals surface area contributed by atoms with Crippen LogP contribution < -0.4 is 4.74 Å². The second-order valence-electron chi connectivity index (χ2n) is 4.25. The van der Waals surface area contributed by atoms with Crippen LogP contribution in [0.15, 0.2) is 24.8 Å². The van der Waals surface area contributed by atoms with Gasteiger partial charge in [0.25, 0.3) is 0 Å². The Morgan fingerprint density at radius 1 is 1.53 bits per heavy atom. The summed E-state index contributed by atoms with van der Waals surface area (Å²) in [5.41, 5.74) is 1.13. The number of carbonyl (C=O) groups is 1. The van der Waals surface area contributed by atoms with Gasteiger partial charge in [-0.05, 0) is 11.6 Å². The summed E-state index contributed by atoms with van der Waals surface area (Å²) in [5.74, 6) is 0.336. The molecule has 1 rings (SSSR count). The van der Waals surface area contributed by atoms with Crippen LogP contribution >= 0.6 is 0 Å². The first-order chi connectivity index (χ1) is 9.01. The van der Waals surface area contributed by atoms with Crippen molar-refractivity contribution in [2.75, 3.05) is 20.7 Å². The van der Waals surface area contributed by atoms with E-state index in [0.717, 1.165) is 0 Å². The van der Waals surface area contributed by atoms with Gasteiger partial charge >= 0.3 is 6.09 Å². The summed E-state index contributed by atoms with van der Waals surface area (Å²) in [6.07, 6.45) is 0.410. The SMILES string of the molecule is C=Cc1c(OC(=O)N(C)C)cccc1C(O)CCO. The predicted molar refractivity (Wildman–Crippen MR) is 72.9 cm³/mol. The number of rotatable bonds is 5. The van der Waals surface area contributed by atoms with Crippen LogP contribution in [0.1, 0.15) is 23.7 Å². The number of aliphatic hydroxyl groups excluding tert-OH is 2. The van der Waals surface area contributed by atoms with Gasteiger partial charge in [-0.3, -0.25) is 0 Å². The third kappa shape index (κ3) is 3.81. The van der Waals surface area contributed by atoms with E-state index in [1.165, 1.54) is 11.0 Å². The van der Waals surface area contributed by atoms with E-state index in [1.807, 2.05) is 0 Å². The zero-order chi connectivity index (χ0) is 14.4. The summed E-state index contributed by atoms with van der Waals surface area (Å²) in [7, 11) is 3.17. The summed E-state index contributed by atoms with van der Waals surface area (Å²) in [4.78, 5) is 12.9.